The van der Waals surface area contributed by atoms with Crippen LogP contribution in [0.5, 0.6) is 5.88 Å². The summed E-state index contributed by atoms with van der Waals surface area (Å²) in [4.78, 5) is 7.42. The summed E-state index contributed by atoms with van der Waals surface area (Å²) in [6.45, 7) is 0.621. The first-order valence-corrected chi connectivity index (χ1v) is 7.90. The van der Waals surface area contributed by atoms with Gasteiger partial charge in [0.1, 0.15) is 0 Å². The Balaban J connectivity index is 2.14. The lowest BCUT2D eigenvalue weighted by Crippen LogP contribution is -2.07. The van der Waals surface area contributed by atoms with Crippen molar-refractivity contribution in [3.8, 4) is 5.88 Å². The van der Waals surface area contributed by atoms with Crippen LogP contribution < -0.4 is 15.0 Å². The Kier molecular flexibility index (Phi) is 5.12. The van der Waals surface area contributed by atoms with Gasteiger partial charge in [-0.1, -0.05) is 38.9 Å². The summed E-state index contributed by atoms with van der Waals surface area (Å²) in [7, 11) is 5.55. The second kappa shape index (κ2) is 6.65. The molecule has 0 bridgehead atoms. The zero-order chi connectivity index (χ0) is 14.7. The quantitative estimate of drug-likeness (QED) is 0.846. The number of nitrogens with one attached hydrogen (secondary N) is 1. The lowest BCUT2D eigenvalue weighted by molar-refractivity contribution is 0.397. The van der Waals surface area contributed by atoms with Gasteiger partial charge in [-0.3, -0.25) is 0 Å². The second-order valence-electron chi connectivity index (χ2n) is 4.30. The van der Waals surface area contributed by atoms with E-state index in [2.05, 4.69) is 26.2 Å². The summed E-state index contributed by atoms with van der Waals surface area (Å²) in [5.74, 6) is 0.652. The van der Waals surface area contributed by atoms with Gasteiger partial charge in [0.05, 0.1) is 29.2 Å². The Bertz CT molecular complexity index is 603. The molecule has 0 saturated carbocycles. The normalized spacial score (nSPS) is 10.4. The lowest BCUT2D eigenvalue weighted by Gasteiger charge is -2.08. The predicted molar refractivity (Wildman–Crippen MR) is 89.5 cm³/mol. The molecule has 1 N–H and O–H groups in total. The minimum absolute atomic E-state index is 0.621. The number of halogens is 2. The first kappa shape index (κ1) is 15.4. The van der Waals surface area contributed by atoms with E-state index in [1.54, 1.807) is 18.4 Å². The maximum absolute atomic E-state index is 6.18. The van der Waals surface area contributed by atoms with Gasteiger partial charge in [0, 0.05) is 18.6 Å². The zero-order valence-corrected chi connectivity index (χ0v) is 14.6. The SMILES string of the molecule is COc1nc(N(C)C)sc1CNc1ccc(Br)cc1Cl. The summed E-state index contributed by atoms with van der Waals surface area (Å²) in [5.41, 5.74) is 0.886. The maximum Gasteiger partial charge on any atom is 0.231 e. The highest BCUT2D eigenvalue weighted by Gasteiger charge is 2.13. The van der Waals surface area contributed by atoms with Crippen LogP contribution >= 0.6 is 38.9 Å². The highest BCUT2D eigenvalue weighted by molar-refractivity contribution is 9.10. The number of thiazole rings is 1. The van der Waals surface area contributed by atoms with E-state index in [-0.39, 0.29) is 0 Å². The van der Waals surface area contributed by atoms with Crippen LogP contribution in [0.4, 0.5) is 10.8 Å². The van der Waals surface area contributed by atoms with E-state index in [4.69, 9.17) is 16.3 Å². The van der Waals surface area contributed by atoms with Crippen molar-refractivity contribution in [2.24, 2.45) is 0 Å². The Labute approximate surface area is 135 Å². The highest BCUT2D eigenvalue weighted by Crippen LogP contribution is 2.32. The van der Waals surface area contributed by atoms with Gasteiger partial charge >= 0.3 is 0 Å². The highest BCUT2D eigenvalue weighted by atomic mass is 79.9. The number of rotatable bonds is 5. The van der Waals surface area contributed by atoms with Crippen LogP contribution in [0.2, 0.25) is 5.02 Å². The van der Waals surface area contributed by atoms with Crippen LogP contribution in [-0.4, -0.2) is 26.2 Å². The van der Waals surface area contributed by atoms with Crippen LogP contribution in [0.25, 0.3) is 0 Å². The summed E-state index contributed by atoms with van der Waals surface area (Å²) in [6.07, 6.45) is 0. The Morgan fingerprint density at radius 1 is 1.45 bits per heavy atom. The first-order valence-electron chi connectivity index (χ1n) is 5.91. The van der Waals surface area contributed by atoms with Gasteiger partial charge in [-0.05, 0) is 18.2 Å². The van der Waals surface area contributed by atoms with E-state index in [1.165, 1.54) is 0 Å². The topological polar surface area (TPSA) is 37.4 Å². The first-order chi connectivity index (χ1) is 9.51. The average molecular weight is 377 g/mol. The van der Waals surface area contributed by atoms with E-state index in [9.17, 15) is 0 Å². The molecule has 0 amide bonds. The largest absolute Gasteiger partial charge is 0.480 e. The molecule has 0 radical (unpaired) electrons. The summed E-state index contributed by atoms with van der Waals surface area (Å²) < 4.78 is 6.26. The Morgan fingerprint density at radius 2 is 2.20 bits per heavy atom. The fourth-order valence-electron chi connectivity index (χ4n) is 1.60. The van der Waals surface area contributed by atoms with Gasteiger partial charge in [-0.15, -0.1) is 0 Å². The molecular formula is C13H15BrClN3OS. The van der Waals surface area contributed by atoms with Gasteiger partial charge in [0.15, 0.2) is 5.13 Å². The minimum Gasteiger partial charge on any atom is -0.480 e. The molecule has 0 unspecified atom stereocenters. The van der Waals surface area contributed by atoms with Crippen molar-refractivity contribution in [3.05, 3.63) is 32.6 Å². The molecule has 1 aromatic carbocycles. The molecule has 4 nitrogen and oxygen atoms in total. The number of benzene rings is 1. The fourth-order valence-corrected chi connectivity index (χ4v) is 3.23. The van der Waals surface area contributed by atoms with Crippen molar-refractivity contribution in [2.45, 2.75) is 6.54 Å². The second-order valence-corrected chi connectivity index (χ2v) is 6.69. The van der Waals surface area contributed by atoms with Crippen LogP contribution in [0.1, 0.15) is 4.88 Å². The molecule has 2 aromatic rings. The molecule has 0 aliphatic rings. The zero-order valence-electron chi connectivity index (χ0n) is 11.4. The van der Waals surface area contributed by atoms with Crippen LogP contribution in [-0.2, 0) is 6.54 Å². The van der Waals surface area contributed by atoms with E-state index in [1.807, 2.05) is 37.2 Å². The van der Waals surface area contributed by atoms with Crippen molar-refractivity contribution in [1.29, 1.82) is 0 Å². The molecule has 0 atom stereocenters. The molecular weight excluding hydrogens is 362 g/mol. The smallest absolute Gasteiger partial charge is 0.231 e. The van der Waals surface area contributed by atoms with Gasteiger partial charge in [-0.2, -0.15) is 4.98 Å². The van der Waals surface area contributed by atoms with Crippen molar-refractivity contribution >= 4 is 49.7 Å². The number of aromatic nitrogens is 1. The number of nitrogens with zero attached hydrogens (tertiary/aromatic N) is 2. The molecule has 20 heavy (non-hydrogen) atoms. The maximum atomic E-state index is 6.18. The van der Waals surface area contributed by atoms with Crippen LogP contribution in [0, 0.1) is 0 Å². The summed E-state index contributed by atoms with van der Waals surface area (Å²) >= 11 is 11.2. The minimum atomic E-state index is 0.621. The monoisotopic (exact) mass is 375 g/mol. The Morgan fingerprint density at radius 3 is 2.80 bits per heavy atom. The third-order valence-electron chi connectivity index (χ3n) is 2.60. The van der Waals surface area contributed by atoms with Gasteiger partial charge < -0.3 is 15.0 Å². The Hall–Kier alpha value is -0.980. The van der Waals surface area contributed by atoms with E-state index >= 15 is 0 Å². The van der Waals surface area contributed by atoms with Crippen LogP contribution in [0.15, 0.2) is 22.7 Å². The number of methoxy groups -OCH3 is 1. The standard InChI is InChI=1S/C13H15BrClN3OS/c1-18(2)13-17-12(19-3)11(20-13)7-16-10-5-4-8(14)6-9(10)15/h4-6,16H,7H2,1-3H3. The summed E-state index contributed by atoms with van der Waals surface area (Å²) in [6, 6.07) is 5.75. The van der Waals surface area contributed by atoms with Crippen molar-refractivity contribution in [1.82, 2.24) is 4.98 Å². The third kappa shape index (κ3) is 3.56. The molecule has 2 rings (SSSR count). The number of hydrogen-bond acceptors (Lipinski definition) is 5. The number of ether oxygens (including phenoxy) is 1. The molecule has 108 valence electrons. The lowest BCUT2D eigenvalue weighted by atomic mass is 10.3. The van der Waals surface area contributed by atoms with E-state index in [0.29, 0.717) is 17.4 Å². The summed E-state index contributed by atoms with van der Waals surface area (Å²) in [5, 5.41) is 4.90. The molecule has 0 aliphatic heterocycles. The van der Waals surface area contributed by atoms with Gasteiger partial charge in [0.2, 0.25) is 5.88 Å². The third-order valence-corrected chi connectivity index (χ3v) is 4.61. The predicted octanol–water partition coefficient (Wildman–Crippen LogP) is 4.25. The van der Waals surface area contributed by atoms with E-state index in [0.717, 1.165) is 20.2 Å². The molecule has 1 aromatic heterocycles. The van der Waals surface area contributed by atoms with Gasteiger partial charge in [0.25, 0.3) is 0 Å². The molecule has 0 saturated heterocycles. The van der Waals surface area contributed by atoms with Crippen LogP contribution in [0.3, 0.4) is 0 Å². The number of anilines is 2. The number of hydrogen-bond donors (Lipinski definition) is 1. The molecule has 7 heteroatoms. The van der Waals surface area contributed by atoms with Crippen molar-refractivity contribution in [2.75, 3.05) is 31.4 Å². The molecule has 0 spiro atoms. The van der Waals surface area contributed by atoms with Crippen molar-refractivity contribution < 1.29 is 4.74 Å². The fraction of sp³-hybridized carbons (Fsp3) is 0.308. The average Bonchev–Trinajstić information content (AvgIpc) is 2.81. The van der Waals surface area contributed by atoms with E-state index < -0.39 is 0 Å². The van der Waals surface area contributed by atoms with Crippen molar-refractivity contribution in [3.63, 3.8) is 0 Å². The molecule has 0 aliphatic carbocycles. The van der Waals surface area contributed by atoms with Gasteiger partial charge in [-0.25, -0.2) is 0 Å². The molecule has 0 fully saturated rings. The molecule has 1 heterocycles.